The largest absolute Gasteiger partial charge is 0.368 e. The zero-order valence-corrected chi connectivity index (χ0v) is 6.88. The first-order valence-electron chi connectivity index (χ1n) is 4.08. The second kappa shape index (κ2) is 5.69. The maximum atomic E-state index is 8.79. The molecular formula is C8H18O2. The SMILES string of the molecule is CCCCC(CC)C(O)O. The summed E-state index contributed by atoms with van der Waals surface area (Å²) in [6.45, 7) is 4.09. The van der Waals surface area contributed by atoms with Crippen molar-refractivity contribution in [2.24, 2.45) is 5.92 Å². The van der Waals surface area contributed by atoms with Crippen LogP contribution in [-0.2, 0) is 0 Å². The highest BCUT2D eigenvalue weighted by atomic mass is 16.5. The molecule has 0 aromatic carbocycles. The number of aliphatic hydroxyl groups excluding tert-OH is 1. The van der Waals surface area contributed by atoms with Gasteiger partial charge in [-0.1, -0.05) is 26.7 Å². The predicted octanol–water partition coefficient (Wildman–Crippen LogP) is 1.51. The van der Waals surface area contributed by atoms with Gasteiger partial charge in [-0.25, -0.2) is 0 Å². The van der Waals surface area contributed by atoms with E-state index in [0.717, 1.165) is 25.7 Å². The van der Waals surface area contributed by atoms with Gasteiger partial charge < -0.3 is 10.2 Å². The number of hydrogen-bond acceptors (Lipinski definition) is 2. The molecule has 0 radical (unpaired) electrons. The van der Waals surface area contributed by atoms with Crippen LogP contribution in [0.4, 0.5) is 0 Å². The summed E-state index contributed by atoms with van der Waals surface area (Å²) in [7, 11) is 0. The zero-order chi connectivity index (χ0) is 7.98. The lowest BCUT2D eigenvalue weighted by atomic mass is 9.99. The fourth-order valence-electron chi connectivity index (χ4n) is 1.03. The van der Waals surface area contributed by atoms with Gasteiger partial charge in [-0.15, -0.1) is 0 Å². The van der Waals surface area contributed by atoms with E-state index in [0.29, 0.717) is 0 Å². The summed E-state index contributed by atoms with van der Waals surface area (Å²) in [5, 5.41) is 17.6. The third kappa shape index (κ3) is 3.85. The van der Waals surface area contributed by atoms with Gasteiger partial charge in [-0.2, -0.15) is 0 Å². The first-order chi connectivity index (χ1) is 4.72. The van der Waals surface area contributed by atoms with Gasteiger partial charge in [0, 0.05) is 5.92 Å². The molecule has 0 aliphatic carbocycles. The maximum Gasteiger partial charge on any atom is 0.154 e. The van der Waals surface area contributed by atoms with E-state index in [4.69, 9.17) is 10.2 Å². The standard InChI is InChI=1S/C8H18O2/c1-3-5-6-7(4-2)8(9)10/h7-10H,3-6H2,1-2H3. The molecule has 0 saturated heterocycles. The Kier molecular flexibility index (Phi) is 5.64. The van der Waals surface area contributed by atoms with Crippen molar-refractivity contribution in [3.05, 3.63) is 0 Å². The van der Waals surface area contributed by atoms with Gasteiger partial charge in [0.1, 0.15) is 0 Å². The first-order valence-corrected chi connectivity index (χ1v) is 4.08. The molecule has 1 unspecified atom stereocenters. The monoisotopic (exact) mass is 146 g/mol. The molecule has 0 fully saturated rings. The van der Waals surface area contributed by atoms with Crippen LogP contribution in [0.2, 0.25) is 0 Å². The van der Waals surface area contributed by atoms with Crippen LogP contribution in [-0.4, -0.2) is 16.5 Å². The lowest BCUT2D eigenvalue weighted by Gasteiger charge is -2.15. The summed E-state index contributed by atoms with van der Waals surface area (Å²) in [4.78, 5) is 0. The number of hydrogen-bond donors (Lipinski definition) is 2. The van der Waals surface area contributed by atoms with Gasteiger partial charge in [0.05, 0.1) is 0 Å². The second-order valence-corrected chi connectivity index (χ2v) is 2.72. The van der Waals surface area contributed by atoms with Gasteiger partial charge >= 0.3 is 0 Å². The molecule has 0 spiro atoms. The van der Waals surface area contributed by atoms with Crippen molar-refractivity contribution >= 4 is 0 Å². The molecule has 0 rings (SSSR count). The topological polar surface area (TPSA) is 40.5 Å². The summed E-state index contributed by atoms with van der Waals surface area (Å²) >= 11 is 0. The summed E-state index contributed by atoms with van der Waals surface area (Å²) in [6, 6.07) is 0. The molecule has 0 amide bonds. The van der Waals surface area contributed by atoms with Gasteiger partial charge in [0.15, 0.2) is 6.29 Å². The molecule has 0 aliphatic rings. The minimum atomic E-state index is -1.11. The molecule has 2 nitrogen and oxygen atoms in total. The second-order valence-electron chi connectivity index (χ2n) is 2.72. The van der Waals surface area contributed by atoms with Crippen LogP contribution in [0.3, 0.4) is 0 Å². The molecule has 10 heavy (non-hydrogen) atoms. The van der Waals surface area contributed by atoms with Crippen molar-refractivity contribution in [2.75, 3.05) is 0 Å². The van der Waals surface area contributed by atoms with Gasteiger partial charge in [0.2, 0.25) is 0 Å². The highest BCUT2D eigenvalue weighted by Gasteiger charge is 2.12. The predicted molar refractivity (Wildman–Crippen MR) is 41.5 cm³/mol. The van der Waals surface area contributed by atoms with E-state index < -0.39 is 6.29 Å². The van der Waals surface area contributed by atoms with Crippen LogP contribution in [0.15, 0.2) is 0 Å². The molecule has 0 bridgehead atoms. The van der Waals surface area contributed by atoms with Crippen molar-refractivity contribution in [2.45, 2.75) is 45.8 Å². The van der Waals surface area contributed by atoms with Crippen LogP contribution < -0.4 is 0 Å². The highest BCUT2D eigenvalue weighted by Crippen LogP contribution is 2.14. The van der Waals surface area contributed by atoms with E-state index in [-0.39, 0.29) is 5.92 Å². The van der Waals surface area contributed by atoms with Crippen LogP contribution in [0.5, 0.6) is 0 Å². The molecule has 0 saturated carbocycles. The molecular weight excluding hydrogens is 128 g/mol. The van der Waals surface area contributed by atoms with E-state index in [1.807, 2.05) is 6.92 Å². The van der Waals surface area contributed by atoms with Gasteiger partial charge in [0.25, 0.3) is 0 Å². The van der Waals surface area contributed by atoms with E-state index in [1.54, 1.807) is 0 Å². The first kappa shape index (κ1) is 9.92. The van der Waals surface area contributed by atoms with Crippen LogP contribution in [0, 0.1) is 5.92 Å². The summed E-state index contributed by atoms with van der Waals surface area (Å²) in [5.41, 5.74) is 0. The molecule has 1 atom stereocenters. The number of rotatable bonds is 5. The smallest absolute Gasteiger partial charge is 0.154 e. The minimum Gasteiger partial charge on any atom is -0.368 e. The summed E-state index contributed by atoms with van der Waals surface area (Å²) in [5.74, 6) is 0.0833. The van der Waals surface area contributed by atoms with Gasteiger partial charge in [-0.05, 0) is 12.8 Å². The van der Waals surface area contributed by atoms with Crippen molar-refractivity contribution in [3.8, 4) is 0 Å². The van der Waals surface area contributed by atoms with Crippen LogP contribution in [0.1, 0.15) is 39.5 Å². The Morgan fingerprint density at radius 1 is 1.20 bits per heavy atom. The Labute approximate surface area is 62.9 Å². The Bertz CT molecular complexity index is 71.7. The molecule has 62 valence electrons. The Morgan fingerprint density at radius 2 is 1.80 bits per heavy atom. The zero-order valence-electron chi connectivity index (χ0n) is 6.88. The molecule has 2 heteroatoms. The highest BCUT2D eigenvalue weighted by molar-refractivity contribution is 4.57. The van der Waals surface area contributed by atoms with Crippen LogP contribution >= 0.6 is 0 Å². The van der Waals surface area contributed by atoms with E-state index >= 15 is 0 Å². The molecule has 0 aliphatic heterocycles. The number of unbranched alkanes of at least 4 members (excludes halogenated alkanes) is 1. The average molecular weight is 146 g/mol. The quantitative estimate of drug-likeness (QED) is 0.577. The summed E-state index contributed by atoms with van der Waals surface area (Å²) in [6.07, 6.45) is 2.90. The van der Waals surface area contributed by atoms with Crippen molar-refractivity contribution in [3.63, 3.8) is 0 Å². The lowest BCUT2D eigenvalue weighted by Crippen LogP contribution is -2.18. The molecule has 2 N–H and O–H groups in total. The lowest BCUT2D eigenvalue weighted by molar-refractivity contribution is -0.0871. The third-order valence-corrected chi connectivity index (χ3v) is 1.87. The third-order valence-electron chi connectivity index (χ3n) is 1.87. The van der Waals surface area contributed by atoms with Gasteiger partial charge in [-0.3, -0.25) is 0 Å². The molecule has 0 aromatic heterocycles. The molecule has 0 aromatic rings. The van der Waals surface area contributed by atoms with Crippen molar-refractivity contribution < 1.29 is 10.2 Å². The average Bonchev–Trinajstić information content (AvgIpc) is 1.89. The van der Waals surface area contributed by atoms with E-state index in [9.17, 15) is 0 Å². The Morgan fingerprint density at radius 3 is 2.10 bits per heavy atom. The normalized spacial score (nSPS) is 14.1. The maximum absolute atomic E-state index is 8.79. The van der Waals surface area contributed by atoms with E-state index in [1.165, 1.54) is 0 Å². The number of aliphatic hydroxyl groups is 2. The van der Waals surface area contributed by atoms with Crippen LogP contribution in [0.25, 0.3) is 0 Å². The Hall–Kier alpha value is -0.0800. The molecule has 0 heterocycles. The fourth-order valence-corrected chi connectivity index (χ4v) is 1.03. The fraction of sp³-hybridized carbons (Fsp3) is 1.00. The van der Waals surface area contributed by atoms with Crippen molar-refractivity contribution in [1.29, 1.82) is 0 Å². The van der Waals surface area contributed by atoms with E-state index in [2.05, 4.69) is 6.92 Å². The minimum absolute atomic E-state index is 0.0833. The summed E-state index contributed by atoms with van der Waals surface area (Å²) < 4.78 is 0. The Balaban J connectivity index is 3.40. The van der Waals surface area contributed by atoms with Crippen molar-refractivity contribution in [1.82, 2.24) is 0 Å².